The van der Waals surface area contributed by atoms with Gasteiger partial charge in [-0.3, -0.25) is 0 Å². The van der Waals surface area contributed by atoms with Crippen LogP contribution in [0.2, 0.25) is 0 Å². The van der Waals surface area contributed by atoms with Crippen molar-refractivity contribution in [3.8, 4) is 0 Å². The lowest BCUT2D eigenvalue weighted by Crippen LogP contribution is -2.67. The van der Waals surface area contributed by atoms with Crippen LogP contribution in [-0.2, 0) is 15.9 Å². The average Bonchev–Trinajstić information content (AvgIpc) is 2.65. The van der Waals surface area contributed by atoms with Crippen LogP contribution in [0.15, 0.2) is 30.3 Å². The van der Waals surface area contributed by atoms with Crippen molar-refractivity contribution in [2.45, 2.75) is 50.2 Å². The maximum atomic E-state index is 6.37. The molecule has 3 fully saturated rings. The first kappa shape index (κ1) is 12.8. The van der Waals surface area contributed by atoms with E-state index < -0.39 is 0 Å². The smallest absolute Gasteiger partial charge is 0.105 e. The Hall–Kier alpha value is -0.860. The summed E-state index contributed by atoms with van der Waals surface area (Å²) in [6.45, 7) is 4.13. The normalized spacial score (nSPS) is 42.6. The van der Waals surface area contributed by atoms with Gasteiger partial charge in [0, 0.05) is 12.5 Å². The van der Waals surface area contributed by atoms with E-state index in [1.807, 2.05) is 0 Å². The zero-order valence-corrected chi connectivity index (χ0v) is 12.3. The molecule has 108 valence electrons. The molecule has 1 aromatic carbocycles. The Morgan fingerprint density at radius 1 is 1.15 bits per heavy atom. The third-order valence-electron chi connectivity index (χ3n) is 5.98. The summed E-state index contributed by atoms with van der Waals surface area (Å²) >= 11 is 0. The molecule has 0 aromatic heterocycles. The van der Waals surface area contributed by atoms with Crippen LogP contribution < -0.4 is 0 Å². The van der Waals surface area contributed by atoms with Crippen LogP contribution in [0.4, 0.5) is 0 Å². The summed E-state index contributed by atoms with van der Waals surface area (Å²) in [7, 11) is 0. The van der Waals surface area contributed by atoms with Crippen LogP contribution in [0, 0.1) is 11.8 Å². The highest BCUT2D eigenvalue weighted by Crippen LogP contribution is 2.62. The molecule has 1 aliphatic carbocycles. The van der Waals surface area contributed by atoms with Gasteiger partial charge >= 0.3 is 0 Å². The Balaban J connectivity index is 1.54. The van der Waals surface area contributed by atoms with E-state index >= 15 is 0 Å². The molecule has 0 amide bonds. The second-order valence-electron chi connectivity index (χ2n) is 6.94. The summed E-state index contributed by atoms with van der Waals surface area (Å²) in [6, 6.07) is 10.8. The lowest BCUT2D eigenvalue weighted by Gasteiger charge is -2.59. The minimum Gasteiger partial charge on any atom is -0.372 e. The maximum absolute atomic E-state index is 6.37. The zero-order valence-electron chi connectivity index (χ0n) is 12.3. The van der Waals surface area contributed by atoms with Gasteiger partial charge in [-0.15, -0.1) is 0 Å². The van der Waals surface area contributed by atoms with Crippen LogP contribution in [0.3, 0.4) is 0 Å². The summed E-state index contributed by atoms with van der Waals surface area (Å²) in [4.78, 5) is 0. The highest BCUT2D eigenvalue weighted by molar-refractivity contribution is 5.21. The molecule has 3 aliphatic rings. The van der Waals surface area contributed by atoms with Gasteiger partial charge in [-0.25, -0.2) is 0 Å². The van der Waals surface area contributed by atoms with Gasteiger partial charge in [0.2, 0.25) is 0 Å². The summed E-state index contributed by atoms with van der Waals surface area (Å²) in [5.74, 6) is 1.39. The van der Waals surface area contributed by atoms with Crippen molar-refractivity contribution >= 4 is 0 Å². The second kappa shape index (κ2) is 4.57. The monoisotopic (exact) mass is 272 g/mol. The van der Waals surface area contributed by atoms with E-state index in [2.05, 4.69) is 37.3 Å². The van der Waals surface area contributed by atoms with Gasteiger partial charge in [-0.05, 0) is 50.5 Å². The topological polar surface area (TPSA) is 18.5 Å². The molecule has 1 spiro atoms. The van der Waals surface area contributed by atoms with Crippen molar-refractivity contribution in [3.63, 3.8) is 0 Å². The molecule has 2 aliphatic heterocycles. The fourth-order valence-corrected chi connectivity index (χ4v) is 4.91. The molecule has 2 saturated heterocycles. The van der Waals surface area contributed by atoms with Gasteiger partial charge in [-0.1, -0.05) is 30.3 Å². The van der Waals surface area contributed by atoms with Gasteiger partial charge in [0.15, 0.2) is 0 Å². The standard InChI is InChI=1S/C18H24O2/c1-17(10-9-14-6-3-2-4-7-14)18-15(8-5-11-19-18)12-16(18)13-20-17/h2-4,6-7,15-16H,5,8-13H2,1H3/t15-,16-,17-,18-/m0/s1. The minimum atomic E-state index is -0.0865. The number of ether oxygens (including phenoxy) is 2. The Kier molecular flexibility index (Phi) is 2.94. The highest BCUT2D eigenvalue weighted by Gasteiger charge is 2.70. The molecular weight excluding hydrogens is 248 g/mol. The number of hydrogen-bond donors (Lipinski definition) is 0. The van der Waals surface area contributed by atoms with Crippen LogP contribution in [0.5, 0.6) is 0 Å². The van der Waals surface area contributed by atoms with Gasteiger partial charge in [-0.2, -0.15) is 0 Å². The molecule has 0 N–H and O–H groups in total. The molecule has 20 heavy (non-hydrogen) atoms. The molecule has 1 saturated carbocycles. The molecule has 4 atom stereocenters. The number of benzene rings is 1. The van der Waals surface area contributed by atoms with E-state index in [1.165, 1.54) is 24.8 Å². The zero-order chi connectivity index (χ0) is 13.6. The third kappa shape index (κ3) is 1.64. The summed E-state index contributed by atoms with van der Waals surface area (Å²) in [6.07, 6.45) is 6.04. The van der Waals surface area contributed by atoms with Crippen LogP contribution in [0.25, 0.3) is 0 Å². The van der Waals surface area contributed by atoms with E-state index in [1.54, 1.807) is 0 Å². The number of hydrogen-bond acceptors (Lipinski definition) is 2. The van der Waals surface area contributed by atoms with Crippen molar-refractivity contribution in [1.29, 1.82) is 0 Å². The van der Waals surface area contributed by atoms with Gasteiger partial charge in [0.25, 0.3) is 0 Å². The van der Waals surface area contributed by atoms with E-state index in [9.17, 15) is 0 Å². The van der Waals surface area contributed by atoms with Crippen molar-refractivity contribution in [1.82, 2.24) is 0 Å². The molecule has 2 heteroatoms. The minimum absolute atomic E-state index is 0.0417. The molecule has 1 aromatic rings. The molecule has 2 heterocycles. The predicted molar refractivity (Wildman–Crippen MR) is 78.6 cm³/mol. The van der Waals surface area contributed by atoms with Gasteiger partial charge in [0.1, 0.15) is 5.60 Å². The van der Waals surface area contributed by atoms with E-state index in [0.717, 1.165) is 32.0 Å². The Morgan fingerprint density at radius 2 is 2.00 bits per heavy atom. The van der Waals surface area contributed by atoms with Crippen LogP contribution in [0.1, 0.15) is 38.2 Å². The highest BCUT2D eigenvalue weighted by atomic mass is 16.6. The summed E-state index contributed by atoms with van der Waals surface area (Å²) in [5.41, 5.74) is 1.36. The van der Waals surface area contributed by atoms with Crippen LogP contribution >= 0.6 is 0 Å². The maximum Gasteiger partial charge on any atom is 0.105 e. The summed E-state index contributed by atoms with van der Waals surface area (Å²) < 4.78 is 12.7. The molecule has 0 bridgehead atoms. The Labute approximate surface area is 121 Å². The predicted octanol–water partition coefficient (Wildman–Crippen LogP) is 3.59. The second-order valence-corrected chi connectivity index (χ2v) is 6.94. The number of rotatable bonds is 3. The number of aryl methyl sites for hydroxylation is 1. The third-order valence-corrected chi connectivity index (χ3v) is 5.98. The largest absolute Gasteiger partial charge is 0.372 e. The lowest BCUT2D eigenvalue weighted by molar-refractivity contribution is -0.251. The van der Waals surface area contributed by atoms with Crippen molar-refractivity contribution in [3.05, 3.63) is 35.9 Å². The Morgan fingerprint density at radius 3 is 2.80 bits per heavy atom. The van der Waals surface area contributed by atoms with E-state index in [4.69, 9.17) is 9.47 Å². The summed E-state index contributed by atoms with van der Waals surface area (Å²) in [5, 5.41) is 0. The van der Waals surface area contributed by atoms with E-state index in [-0.39, 0.29) is 11.2 Å². The van der Waals surface area contributed by atoms with E-state index in [0.29, 0.717) is 5.92 Å². The fraction of sp³-hybridized carbons (Fsp3) is 0.667. The fourth-order valence-electron chi connectivity index (χ4n) is 4.91. The first-order valence-corrected chi connectivity index (χ1v) is 8.06. The average molecular weight is 272 g/mol. The molecule has 4 rings (SSSR count). The van der Waals surface area contributed by atoms with Crippen molar-refractivity contribution < 1.29 is 9.47 Å². The van der Waals surface area contributed by atoms with Crippen molar-refractivity contribution in [2.24, 2.45) is 11.8 Å². The van der Waals surface area contributed by atoms with Crippen molar-refractivity contribution in [2.75, 3.05) is 13.2 Å². The molecule has 2 nitrogen and oxygen atoms in total. The lowest BCUT2D eigenvalue weighted by atomic mass is 9.53. The quantitative estimate of drug-likeness (QED) is 0.837. The van der Waals surface area contributed by atoms with Crippen LogP contribution in [-0.4, -0.2) is 24.4 Å². The first-order valence-electron chi connectivity index (χ1n) is 8.06. The Bertz CT molecular complexity index is 485. The van der Waals surface area contributed by atoms with Gasteiger partial charge < -0.3 is 9.47 Å². The first-order chi connectivity index (χ1) is 9.75. The van der Waals surface area contributed by atoms with Gasteiger partial charge in [0.05, 0.1) is 12.2 Å². The molecule has 0 unspecified atom stereocenters. The SMILES string of the molecule is C[C@@]1(CCc2ccccc2)OC[C@@H]2C[C@@H]3CCCO[C@]231. The molecule has 0 radical (unpaired) electrons. The molecular formula is C18H24O2.